The fourth-order valence-electron chi connectivity index (χ4n) is 1.35. The Kier molecular flexibility index (Phi) is 2.99. The lowest BCUT2D eigenvalue weighted by atomic mass is 10.4. The largest absolute Gasteiger partial charge is 0.476 e. The van der Waals surface area contributed by atoms with Gasteiger partial charge in [0.05, 0.1) is 13.1 Å². The Morgan fingerprint density at radius 2 is 2.18 bits per heavy atom. The van der Waals surface area contributed by atoms with Crippen LogP contribution in [-0.2, 0) is 13.1 Å². The van der Waals surface area contributed by atoms with Gasteiger partial charge in [0.15, 0.2) is 5.69 Å². The Labute approximate surface area is 95.9 Å². The van der Waals surface area contributed by atoms with Gasteiger partial charge in [-0.3, -0.25) is 9.48 Å². The van der Waals surface area contributed by atoms with Crippen LogP contribution in [0.3, 0.4) is 0 Å². The number of aromatic carboxylic acids is 1. The molecule has 0 amide bonds. The maximum Gasteiger partial charge on any atom is 0.356 e. The highest BCUT2D eigenvalue weighted by atomic mass is 16.4. The van der Waals surface area contributed by atoms with Gasteiger partial charge in [0.1, 0.15) is 0 Å². The molecule has 0 aliphatic heterocycles. The van der Waals surface area contributed by atoms with Crippen LogP contribution >= 0.6 is 0 Å². The van der Waals surface area contributed by atoms with Gasteiger partial charge in [-0.25, -0.2) is 9.48 Å². The number of nitrogens with zero attached hydrogens (tertiary/aromatic N) is 4. The molecule has 0 fully saturated rings. The van der Waals surface area contributed by atoms with Gasteiger partial charge in [-0.05, 0) is 12.1 Å². The van der Waals surface area contributed by atoms with Gasteiger partial charge in [0.25, 0.3) is 5.56 Å². The van der Waals surface area contributed by atoms with Gasteiger partial charge < -0.3 is 5.11 Å². The average Bonchev–Trinajstić information content (AvgIpc) is 2.80. The normalized spacial score (nSPS) is 10.4. The third-order valence-electron chi connectivity index (χ3n) is 2.19. The lowest BCUT2D eigenvalue weighted by Crippen LogP contribution is -2.26. The first-order valence-corrected chi connectivity index (χ1v) is 4.96. The van der Waals surface area contributed by atoms with Gasteiger partial charge in [-0.2, -0.15) is 10.2 Å². The summed E-state index contributed by atoms with van der Waals surface area (Å²) in [6.07, 6.45) is 3.38. The van der Waals surface area contributed by atoms with E-state index in [0.29, 0.717) is 6.54 Å². The first kappa shape index (κ1) is 11.1. The third-order valence-corrected chi connectivity index (χ3v) is 2.19. The zero-order chi connectivity index (χ0) is 12.3. The number of aryl methyl sites for hydroxylation is 2. The van der Waals surface area contributed by atoms with E-state index in [1.165, 1.54) is 12.1 Å². The molecule has 1 N–H and O–H groups in total. The molecule has 2 heterocycles. The quantitative estimate of drug-likeness (QED) is 0.793. The van der Waals surface area contributed by atoms with E-state index in [-0.39, 0.29) is 17.8 Å². The third kappa shape index (κ3) is 2.57. The van der Waals surface area contributed by atoms with Crippen molar-refractivity contribution in [2.75, 3.05) is 0 Å². The molecule has 2 aromatic rings. The Morgan fingerprint density at radius 3 is 2.82 bits per heavy atom. The average molecular weight is 234 g/mol. The van der Waals surface area contributed by atoms with Crippen LogP contribution in [0.2, 0.25) is 0 Å². The van der Waals surface area contributed by atoms with Crippen molar-refractivity contribution in [2.24, 2.45) is 0 Å². The summed E-state index contributed by atoms with van der Waals surface area (Å²) >= 11 is 0. The van der Waals surface area contributed by atoms with Crippen LogP contribution in [0.25, 0.3) is 0 Å². The minimum Gasteiger partial charge on any atom is -0.476 e. The second kappa shape index (κ2) is 4.60. The van der Waals surface area contributed by atoms with Crippen LogP contribution in [0.15, 0.2) is 35.4 Å². The van der Waals surface area contributed by atoms with Crippen LogP contribution in [0.5, 0.6) is 0 Å². The topological polar surface area (TPSA) is 90.0 Å². The van der Waals surface area contributed by atoms with E-state index in [1.54, 1.807) is 23.1 Å². The molecular weight excluding hydrogens is 224 g/mol. The highest BCUT2D eigenvalue weighted by Gasteiger charge is 2.07. The predicted octanol–water partition coefficient (Wildman–Crippen LogP) is -0.162. The second-order valence-corrected chi connectivity index (χ2v) is 3.35. The maximum absolute atomic E-state index is 11.4. The number of rotatable bonds is 4. The van der Waals surface area contributed by atoms with E-state index in [0.717, 1.165) is 4.68 Å². The van der Waals surface area contributed by atoms with Crippen molar-refractivity contribution >= 4 is 5.97 Å². The molecule has 0 atom stereocenters. The molecule has 2 aromatic heterocycles. The van der Waals surface area contributed by atoms with Crippen molar-refractivity contribution < 1.29 is 9.90 Å². The SMILES string of the molecule is O=C(O)c1ccc(=O)n(CCn2cccn2)n1. The van der Waals surface area contributed by atoms with E-state index >= 15 is 0 Å². The minimum atomic E-state index is -1.15. The molecule has 7 nitrogen and oxygen atoms in total. The summed E-state index contributed by atoms with van der Waals surface area (Å²) in [5, 5.41) is 16.5. The fourth-order valence-corrected chi connectivity index (χ4v) is 1.35. The van der Waals surface area contributed by atoms with E-state index in [1.807, 2.05) is 0 Å². The molecular formula is C10H10N4O3. The molecule has 7 heteroatoms. The zero-order valence-corrected chi connectivity index (χ0v) is 8.85. The zero-order valence-electron chi connectivity index (χ0n) is 8.85. The highest BCUT2D eigenvalue weighted by Crippen LogP contribution is 1.91. The van der Waals surface area contributed by atoms with Gasteiger partial charge in [0, 0.05) is 18.5 Å². The van der Waals surface area contributed by atoms with Crippen molar-refractivity contribution in [3.05, 3.63) is 46.6 Å². The van der Waals surface area contributed by atoms with Crippen LogP contribution in [0.1, 0.15) is 10.5 Å². The van der Waals surface area contributed by atoms with Crippen LogP contribution in [0, 0.1) is 0 Å². The maximum atomic E-state index is 11.4. The molecule has 0 aliphatic carbocycles. The number of carbonyl (C=O) groups is 1. The number of carboxylic acid groups (broad SMARTS) is 1. The van der Waals surface area contributed by atoms with Crippen molar-refractivity contribution in [1.29, 1.82) is 0 Å². The second-order valence-electron chi connectivity index (χ2n) is 3.35. The molecule has 88 valence electrons. The van der Waals surface area contributed by atoms with E-state index < -0.39 is 5.97 Å². The molecule has 0 aliphatic rings. The monoisotopic (exact) mass is 234 g/mol. The fraction of sp³-hybridized carbons (Fsp3) is 0.200. The van der Waals surface area contributed by atoms with E-state index in [9.17, 15) is 9.59 Å². The number of hydrogen-bond donors (Lipinski definition) is 1. The first-order chi connectivity index (χ1) is 8.16. The molecule has 0 unspecified atom stereocenters. The van der Waals surface area contributed by atoms with Gasteiger partial charge >= 0.3 is 5.97 Å². The Morgan fingerprint density at radius 1 is 1.35 bits per heavy atom. The summed E-state index contributed by atoms with van der Waals surface area (Å²) in [5.41, 5.74) is -0.479. The van der Waals surface area contributed by atoms with Gasteiger partial charge in [-0.15, -0.1) is 0 Å². The summed E-state index contributed by atoms with van der Waals surface area (Å²) in [7, 11) is 0. The predicted molar refractivity (Wildman–Crippen MR) is 57.7 cm³/mol. The molecule has 17 heavy (non-hydrogen) atoms. The van der Waals surface area contributed by atoms with Crippen molar-refractivity contribution in [3.63, 3.8) is 0 Å². The lowest BCUT2D eigenvalue weighted by Gasteiger charge is -2.05. The van der Waals surface area contributed by atoms with E-state index in [2.05, 4.69) is 10.2 Å². The van der Waals surface area contributed by atoms with Crippen LogP contribution < -0.4 is 5.56 Å². The summed E-state index contributed by atoms with van der Waals surface area (Å²) < 4.78 is 2.76. The lowest BCUT2D eigenvalue weighted by molar-refractivity contribution is 0.0687. The molecule has 0 bridgehead atoms. The van der Waals surface area contributed by atoms with E-state index in [4.69, 9.17) is 5.11 Å². The Balaban J connectivity index is 2.17. The van der Waals surface area contributed by atoms with Crippen molar-refractivity contribution in [1.82, 2.24) is 19.6 Å². The smallest absolute Gasteiger partial charge is 0.356 e. The van der Waals surface area contributed by atoms with Crippen LogP contribution in [0.4, 0.5) is 0 Å². The summed E-state index contributed by atoms with van der Waals surface area (Å²) in [6, 6.07) is 4.15. The summed E-state index contributed by atoms with van der Waals surface area (Å²) in [6.45, 7) is 0.741. The number of aromatic nitrogens is 4. The van der Waals surface area contributed by atoms with Gasteiger partial charge in [0.2, 0.25) is 0 Å². The molecule has 0 spiro atoms. The Hall–Kier alpha value is -2.44. The first-order valence-electron chi connectivity index (χ1n) is 4.96. The molecule has 0 saturated carbocycles. The standard InChI is InChI=1S/C10H10N4O3/c15-9-3-2-8(10(16)17)12-14(9)7-6-13-5-1-4-11-13/h1-5H,6-7H2,(H,16,17). The summed E-state index contributed by atoms with van der Waals surface area (Å²) in [5.74, 6) is -1.15. The summed E-state index contributed by atoms with van der Waals surface area (Å²) in [4.78, 5) is 22.1. The molecule has 2 rings (SSSR count). The van der Waals surface area contributed by atoms with Crippen molar-refractivity contribution in [3.8, 4) is 0 Å². The van der Waals surface area contributed by atoms with Crippen molar-refractivity contribution in [2.45, 2.75) is 13.1 Å². The number of carboxylic acids is 1. The molecule has 0 aromatic carbocycles. The Bertz CT molecular complexity index is 573. The van der Waals surface area contributed by atoms with Crippen LogP contribution in [-0.4, -0.2) is 30.6 Å². The number of hydrogen-bond acceptors (Lipinski definition) is 4. The minimum absolute atomic E-state index is 0.148. The molecule has 0 radical (unpaired) electrons. The molecule has 0 saturated heterocycles. The highest BCUT2D eigenvalue weighted by molar-refractivity contribution is 5.84. The van der Waals surface area contributed by atoms with Gasteiger partial charge in [-0.1, -0.05) is 0 Å².